The van der Waals surface area contributed by atoms with E-state index in [0.29, 0.717) is 5.92 Å². The van der Waals surface area contributed by atoms with Crippen LogP contribution >= 0.6 is 0 Å². The first kappa shape index (κ1) is 13.1. The zero-order chi connectivity index (χ0) is 13.0. The van der Waals surface area contributed by atoms with Gasteiger partial charge in [0, 0.05) is 6.54 Å². The Bertz CT molecular complexity index is 391. The first-order valence-corrected chi connectivity index (χ1v) is 6.75. The molecule has 3 N–H and O–H groups in total. The van der Waals surface area contributed by atoms with Gasteiger partial charge in [0.25, 0.3) is 0 Å². The van der Waals surface area contributed by atoms with Crippen molar-refractivity contribution < 1.29 is 4.79 Å². The predicted octanol–water partition coefficient (Wildman–Crippen LogP) is 2.24. The molecule has 0 radical (unpaired) electrons. The second-order valence-electron chi connectivity index (χ2n) is 5.42. The maximum Gasteiger partial charge on any atom is 0.241 e. The third-order valence-electron chi connectivity index (χ3n) is 3.81. The molecular weight excluding hydrogens is 224 g/mol. The van der Waals surface area contributed by atoms with Crippen molar-refractivity contribution >= 4 is 5.91 Å². The topological polar surface area (TPSA) is 55.1 Å². The lowest BCUT2D eigenvalue weighted by atomic mass is 10.0. The smallest absolute Gasteiger partial charge is 0.241 e. The number of carbonyl (C=O) groups excluding carboxylic acids is 1. The third kappa shape index (κ3) is 3.33. The zero-order valence-corrected chi connectivity index (χ0v) is 10.9. The van der Waals surface area contributed by atoms with Crippen molar-refractivity contribution in [1.82, 2.24) is 5.32 Å². The lowest BCUT2D eigenvalue weighted by Gasteiger charge is -2.15. The second kappa shape index (κ2) is 6.01. The molecule has 0 spiro atoms. The van der Waals surface area contributed by atoms with Crippen molar-refractivity contribution in [3.63, 3.8) is 0 Å². The molecule has 18 heavy (non-hydrogen) atoms. The molecule has 0 bridgehead atoms. The summed E-state index contributed by atoms with van der Waals surface area (Å²) < 4.78 is 0. The van der Waals surface area contributed by atoms with Crippen LogP contribution in [0.1, 0.15) is 37.8 Å². The van der Waals surface area contributed by atoms with Crippen molar-refractivity contribution in [2.75, 3.05) is 6.54 Å². The van der Waals surface area contributed by atoms with Crippen LogP contribution in [0.4, 0.5) is 0 Å². The molecule has 3 unspecified atom stereocenters. The van der Waals surface area contributed by atoms with Crippen molar-refractivity contribution in [3.8, 4) is 0 Å². The number of nitrogens with two attached hydrogens (primary N) is 1. The fraction of sp³-hybridized carbons (Fsp3) is 0.533. The monoisotopic (exact) mass is 246 g/mol. The number of rotatable bonds is 4. The fourth-order valence-electron chi connectivity index (χ4n) is 2.68. The molecule has 0 aromatic heterocycles. The Morgan fingerprint density at radius 3 is 2.72 bits per heavy atom. The van der Waals surface area contributed by atoms with Gasteiger partial charge in [-0.2, -0.15) is 0 Å². The SMILES string of the molecule is CC1CCC(CNC(=O)C(N)c2ccccc2)C1. The molecule has 1 aromatic carbocycles. The van der Waals surface area contributed by atoms with Gasteiger partial charge in [-0.05, 0) is 30.2 Å². The Morgan fingerprint density at radius 1 is 1.39 bits per heavy atom. The van der Waals surface area contributed by atoms with Gasteiger partial charge in [-0.1, -0.05) is 43.7 Å². The van der Waals surface area contributed by atoms with Gasteiger partial charge in [0.05, 0.1) is 0 Å². The summed E-state index contributed by atoms with van der Waals surface area (Å²) in [6.07, 6.45) is 3.73. The van der Waals surface area contributed by atoms with Crippen LogP contribution in [0.15, 0.2) is 30.3 Å². The van der Waals surface area contributed by atoms with E-state index in [0.717, 1.165) is 18.0 Å². The van der Waals surface area contributed by atoms with Gasteiger partial charge in [-0.15, -0.1) is 0 Å². The Labute approximate surface area is 109 Å². The van der Waals surface area contributed by atoms with Gasteiger partial charge in [0.1, 0.15) is 6.04 Å². The summed E-state index contributed by atoms with van der Waals surface area (Å²) in [5.41, 5.74) is 6.81. The average molecular weight is 246 g/mol. The number of amides is 1. The lowest BCUT2D eigenvalue weighted by Crippen LogP contribution is -2.36. The van der Waals surface area contributed by atoms with Crippen LogP contribution in [0.2, 0.25) is 0 Å². The van der Waals surface area contributed by atoms with E-state index < -0.39 is 6.04 Å². The summed E-state index contributed by atoms with van der Waals surface area (Å²) in [5, 5.41) is 2.98. The quantitative estimate of drug-likeness (QED) is 0.856. The van der Waals surface area contributed by atoms with Crippen LogP contribution in [0.25, 0.3) is 0 Å². The fourth-order valence-corrected chi connectivity index (χ4v) is 2.68. The molecule has 1 aliphatic rings. The highest BCUT2D eigenvalue weighted by Gasteiger charge is 2.23. The number of hydrogen-bond donors (Lipinski definition) is 2. The Kier molecular flexibility index (Phi) is 4.37. The van der Waals surface area contributed by atoms with Crippen LogP contribution in [0.3, 0.4) is 0 Å². The van der Waals surface area contributed by atoms with Crippen LogP contribution < -0.4 is 11.1 Å². The first-order chi connectivity index (χ1) is 8.66. The van der Waals surface area contributed by atoms with Crippen LogP contribution in [0.5, 0.6) is 0 Å². The van der Waals surface area contributed by atoms with Crippen molar-refractivity contribution in [3.05, 3.63) is 35.9 Å². The number of nitrogens with one attached hydrogen (secondary N) is 1. The molecule has 1 aromatic rings. The van der Waals surface area contributed by atoms with E-state index in [9.17, 15) is 4.79 Å². The minimum atomic E-state index is -0.551. The molecule has 0 heterocycles. The normalized spacial score (nSPS) is 24.8. The van der Waals surface area contributed by atoms with Crippen LogP contribution in [-0.2, 0) is 4.79 Å². The molecule has 2 rings (SSSR count). The summed E-state index contributed by atoms with van der Waals surface area (Å²) in [6, 6.07) is 8.96. The van der Waals surface area contributed by atoms with Crippen molar-refractivity contribution in [2.24, 2.45) is 17.6 Å². The molecule has 1 aliphatic carbocycles. The van der Waals surface area contributed by atoms with Crippen LogP contribution in [0, 0.1) is 11.8 Å². The van der Waals surface area contributed by atoms with E-state index in [2.05, 4.69) is 12.2 Å². The Morgan fingerprint density at radius 2 is 2.11 bits per heavy atom. The predicted molar refractivity (Wildman–Crippen MR) is 72.9 cm³/mol. The van der Waals surface area contributed by atoms with E-state index in [1.54, 1.807) is 0 Å². The average Bonchev–Trinajstić information content (AvgIpc) is 2.82. The molecule has 1 saturated carbocycles. The molecule has 3 nitrogen and oxygen atoms in total. The summed E-state index contributed by atoms with van der Waals surface area (Å²) >= 11 is 0. The van der Waals surface area contributed by atoms with Gasteiger partial charge < -0.3 is 11.1 Å². The first-order valence-electron chi connectivity index (χ1n) is 6.75. The molecule has 1 fully saturated rings. The highest BCUT2D eigenvalue weighted by molar-refractivity contribution is 5.82. The van der Waals surface area contributed by atoms with Gasteiger partial charge in [-0.25, -0.2) is 0 Å². The minimum absolute atomic E-state index is 0.0687. The maximum atomic E-state index is 11.9. The molecule has 3 atom stereocenters. The highest BCUT2D eigenvalue weighted by atomic mass is 16.2. The van der Waals surface area contributed by atoms with E-state index >= 15 is 0 Å². The third-order valence-corrected chi connectivity index (χ3v) is 3.81. The van der Waals surface area contributed by atoms with E-state index in [-0.39, 0.29) is 5.91 Å². The summed E-state index contributed by atoms with van der Waals surface area (Å²) in [4.78, 5) is 11.9. The van der Waals surface area contributed by atoms with Gasteiger partial charge in [-0.3, -0.25) is 4.79 Å². The zero-order valence-electron chi connectivity index (χ0n) is 10.9. The van der Waals surface area contributed by atoms with Gasteiger partial charge in [0.2, 0.25) is 5.91 Å². The van der Waals surface area contributed by atoms with E-state index in [4.69, 9.17) is 5.73 Å². The van der Waals surface area contributed by atoms with E-state index in [1.165, 1.54) is 19.3 Å². The second-order valence-corrected chi connectivity index (χ2v) is 5.42. The summed E-state index contributed by atoms with van der Waals surface area (Å²) in [6.45, 7) is 3.04. The Hall–Kier alpha value is -1.35. The van der Waals surface area contributed by atoms with Crippen LogP contribution in [-0.4, -0.2) is 12.5 Å². The van der Waals surface area contributed by atoms with Crippen molar-refractivity contribution in [2.45, 2.75) is 32.2 Å². The van der Waals surface area contributed by atoms with Gasteiger partial charge >= 0.3 is 0 Å². The molecule has 0 aliphatic heterocycles. The molecule has 0 saturated heterocycles. The number of hydrogen-bond acceptors (Lipinski definition) is 2. The Balaban J connectivity index is 1.81. The standard InChI is InChI=1S/C15H22N2O/c1-11-7-8-12(9-11)10-17-15(18)14(16)13-5-3-2-4-6-13/h2-6,11-12,14H,7-10,16H2,1H3,(H,17,18). The number of benzene rings is 1. The molecular formula is C15H22N2O. The number of carbonyl (C=O) groups is 1. The van der Waals surface area contributed by atoms with Gasteiger partial charge in [0.15, 0.2) is 0 Å². The largest absolute Gasteiger partial charge is 0.354 e. The molecule has 1 amide bonds. The summed E-state index contributed by atoms with van der Waals surface area (Å²) in [5.74, 6) is 1.36. The molecule has 3 heteroatoms. The van der Waals surface area contributed by atoms with E-state index in [1.807, 2.05) is 30.3 Å². The summed E-state index contributed by atoms with van der Waals surface area (Å²) in [7, 11) is 0. The van der Waals surface area contributed by atoms with Crippen molar-refractivity contribution in [1.29, 1.82) is 0 Å². The maximum absolute atomic E-state index is 11.9. The molecule has 98 valence electrons. The lowest BCUT2D eigenvalue weighted by molar-refractivity contribution is -0.122. The highest BCUT2D eigenvalue weighted by Crippen LogP contribution is 2.29. The minimum Gasteiger partial charge on any atom is -0.354 e.